The van der Waals surface area contributed by atoms with Gasteiger partial charge in [-0.05, 0) is 35.9 Å². The molecule has 0 fully saturated rings. The number of hydrogen-bond acceptors (Lipinski definition) is 4. The molecule has 1 atom stereocenters. The molecule has 1 unspecified atom stereocenters. The van der Waals surface area contributed by atoms with E-state index in [0.29, 0.717) is 18.3 Å². The van der Waals surface area contributed by atoms with E-state index >= 15 is 0 Å². The molecule has 16 heavy (non-hydrogen) atoms. The van der Waals surface area contributed by atoms with Gasteiger partial charge in [0.25, 0.3) is 0 Å². The van der Waals surface area contributed by atoms with Crippen molar-refractivity contribution in [3.63, 3.8) is 0 Å². The number of rotatable bonds is 6. The van der Waals surface area contributed by atoms with Crippen molar-refractivity contribution in [3.8, 4) is 0 Å². The molecule has 1 heterocycles. The van der Waals surface area contributed by atoms with Gasteiger partial charge in [-0.3, -0.25) is 4.90 Å². The van der Waals surface area contributed by atoms with E-state index in [1.54, 1.807) is 11.3 Å². The molecule has 4 nitrogen and oxygen atoms in total. The zero-order valence-corrected chi connectivity index (χ0v) is 10.6. The van der Waals surface area contributed by atoms with Gasteiger partial charge in [-0.2, -0.15) is 11.3 Å². The number of nitrogens with two attached hydrogens (primary N) is 1. The van der Waals surface area contributed by atoms with Gasteiger partial charge in [0.1, 0.15) is 5.84 Å². The molecule has 0 aliphatic carbocycles. The topological polar surface area (TPSA) is 61.9 Å². The molecule has 0 amide bonds. The molecule has 1 aromatic rings. The summed E-state index contributed by atoms with van der Waals surface area (Å²) >= 11 is 1.70. The Bertz CT molecular complexity index is 324. The first kappa shape index (κ1) is 13.0. The SMILES string of the molecule is CCC(C/C(N)=N/O)N(C)Cc1ccsc1. The van der Waals surface area contributed by atoms with Crippen LogP contribution in [-0.2, 0) is 6.54 Å². The van der Waals surface area contributed by atoms with Crippen LogP contribution in [0.25, 0.3) is 0 Å². The van der Waals surface area contributed by atoms with E-state index in [4.69, 9.17) is 10.9 Å². The van der Waals surface area contributed by atoms with Gasteiger partial charge in [-0.15, -0.1) is 0 Å². The molecule has 0 aromatic carbocycles. The minimum atomic E-state index is 0.295. The van der Waals surface area contributed by atoms with Crippen molar-refractivity contribution >= 4 is 17.2 Å². The highest BCUT2D eigenvalue weighted by Crippen LogP contribution is 2.13. The van der Waals surface area contributed by atoms with Gasteiger partial charge >= 0.3 is 0 Å². The molecule has 0 saturated carbocycles. The van der Waals surface area contributed by atoms with Crippen molar-refractivity contribution in [2.24, 2.45) is 10.9 Å². The Morgan fingerprint density at radius 2 is 2.44 bits per heavy atom. The van der Waals surface area contributed by atoms with Crippen molar-refractivity contribution in [1.82, 2.24) is 4.90 Å². The van der Waals surface area contributed by atoms with Crippen LogP contribution in [-0.4, -0.2) is 29.0 Å². The van der Waals surface area contributed by atoms with Crippen LogP contribution in [0.15, 0.2) is 22.0 Å². The van der Waals surface area contributed by atoms with Gasteiger partial charge in [-0.25, -0.2) is 0 Å². The van der Waals surface area contributed by atoms with Gasteiger partial charge < -0.3 is 10.9 Å². The number of oxime groups is 1. The predicted octanol–water partition coefficient (Wildman–Crippen LogP) is 2.09. The van der Waals surface area contributed by atoms with Crippen LogP contribution in [0.4, 0.5) is 0 Å². The molecule has 0 saturated heterocycles. The molecule has 5 heteroatoms. The highest BCUT2D eigenvalue weighted by Gasteiger charge is 2.14. The summed E-state index contributed by atoms with van der Waals surface area (Å²) in [5, 5.41) is 15.8. The third-order valence-corrected chi connectivity index (χ3v) is 3.41. The van der Waals surface area contributed by atoms with Gasteiger partial charge in [0.15, 0.2) is 0 Å². The molecule has 0 aliphatic heterocycles. The van der Waals surface area contributed by atoms with Crippen molar-refractivity contribution in [1.29, 1.82) is 0 Å². The van der Waals surface area contributed by atoms with Gasteiger partial charge in [-0.1, -0.05) is 12.1 Å². The predicted molar refractivity (Wildman–Crippen MR) is 67.9 cm³/mol. The molecule has 3 N–H and O–H groups in total. The molecule has 1 aromatic heterocycles. The number of thiophene rings is 1. The second kappa shape index (κ2) is 6.50. The number of nitrogens with zero attached hydrogens (tertiary/aromatic N) is 2. The molecule has 0 aliphatic rings. The second-order valence-electron chi connectivity index (χ2n) is 3.90. The lowest BCUT2D eigenvalue weighted by molar-refractivity contribution is 0.230. The van der Waals surface area contributed by atoms with Crippen molar-refractivity contribution in [2.75, 3.05) is 7.05 Å². The normalized spacial score (nSPS) is 14.3. The quantitative estimate of drug-likeness (QED) is 0.347. The highest BCUT2D eigenvalue weighted by atomic mass is 32.1. The minimum Gasteiger partial charge on any atom is -0.409 e. The summed E-state index contributed by atoms with van der Waals surface area (Å²) in [6.07, 6.45) is 1.59. The summed E-state index contributed by atoms with van der Waals surface area (Å²) in [6, 6.07) is 2.44. The third kappa shape index (κ3) is 3.83. The van der Waals surface area contributed by atoms with Crippen LogP contribution >= 0.6 is 11.3 Å². The lowest BCUT2D eigenvalue weighted by Crippen LogP contribution is -2.34. The van der Waals surface area contributed by atoms with Gasteiger partial charge in [0, 0.05) is 19.0 Å². The van der Waals surface area contributed by atoms with E-state index in [2.05, 4.69) is 40.9 Å². The molecular formula is C11H19N3OS. The Morgan fingerprint density at radius 3 is 2.94 bits per heavy atom. The average molecular weight is 241 g/mol. The van der Waals surface area contributed by atoms with Crippen LogP contribution in [0.5, 0.6) is 0 Å². The summed E-state index contributed by atoms with van der Waals surface area (Å²) in [5.74, 6) is 0.295. The van der Waals surface area contributed by atoms with Crippen LogP contribution in [0.1, 0.15) is 25.3 Å². The van der Waals surface area contributed by atoms with Crippen molar-refractivity contribution in [3.05, 3.63) is 22.4 Å². The molecular weight excluding hydrogens is 222 g/mol. The van der Waals surface area contributed by atoms with E-state index < -0.39 is 0 Å². The standard InChI is InChI=1S/C11H19N3OS/c1-3-10(6-11(12)13-15)14(2)7-9-4-5-16-8-9/h4-5,8,10,15H,3,6-7H2,1-2H3,(H2,12,13). The van der Waals surface area contributed by atoms with Crippen LogP contribution in [0, 0.1) is 0 Å². The van der Waals surface area contributed by atoms with E-state index in [1.807, 2.05) is 0 Å². The molecule has 0 bridgehead atoms. The van der Waals surface area contributed by atoms with Crippen LogP contribution in [0.2, 0.25) is 0 Å². The molecule has 1 rings (SSSR count). The lowest BCUT2D eigenvalue weighted by Gasteiger charge is -2.26. The minimum absolute atomic E-state index is 0.295. The summed E-state index contributed by atoms with van der Waals surface area (Å²) < 4.78 is 0. The van der Waals surface area contributed by atoms with Gasteiger partial charge in [0.05, 0.1) is 0 Å². The first-order chi connectivity index (χ1) is 7.67. The van der Waals surface area contributed by atoms with E-state index in [9.17, 15) is 0 Å². The maximum Gasteiger partial charge on any atom is 0.140 e. The van der Waals surface area contributed by atoms with Crippen LogP contribution < -0.4 is 5.73 Å². The second-order valence-corrected chi connectivity index (χ2v) is 4.68. The Morgan fingerprint density at radius 1 is 1.69 bits per heavy atom. The summed E-state index contributed by atoms with van der Waals surface area (Å²) in [4.78, 5) is 2.24. The molecule has 0 radical (unpaired) electrons. The van der Waals surface area contributed by atoms with E-state index in [-0.39, 0.29) is 0 Å². The average Bonchev–Trinajstić information content (AvgIpc) is 2.77. The fourth-order valence-electron chi connectivity index (χ4n) is 1.69. The van der Waals surface area contributed by atoms with Gasteiger partial charge in [0.2, 0.25) is 0 Å². The maximum atomic E-state index is 8.56. The van der Waals surface area contributed by atoms with Crippen molar-refractivity contribution < 1.29 is 5.21 Å². The number of amidine groups is 1. The van der Waals surface area contributed by atoms with E-state index in [0.717, 1.165) is 13.0 Å². The summed E-state index contributed by atoms with van der Waals surface area (Å²) in [6.45, 7) is 3.01. The number of hydrogen-bond donors (Lipinski definition) is 2. The highest BCUT2D eigenvalue weighted by molar-refractivity contribution is 7.07. The fraction of sp³-hybridized carbons (Fsp3) is 0.545. The first-order valence-electron chi connectivity index (χ1n) is 5.35. The molecule has 90 valence electrons. The summed E-state index contributed by atoms with van der Waals surface area (Å²) in [7, 11) is 2.07. The molecule has 0 spiro atoms. The Kier molecular flexibility index (Phi) is 5.28. The Hall–Kier alpha value is -1.07. The Labute approximate surface area is 100 Å². The maximum absolute atomic E-state index is 8.56. The fourth-order valence-corrected chi connectivity index (χ4v) is 2.35. The van der Waals surface area contributed by atoms with E-state index in [1.165, 1.54) is 5.56 Å². The van der Waals surface area contributed by atoms with Crippen LogP contribution in [0.3, 0.4) is 0 Å². The Balaban J connectivity index is 2.52. The lowest BCUT2D eigenvalue weighted by atomic mass is 10.1. The zero-order valence-electron chi connectivity index (χ0n) is 9.76. The smallest absolute Gasteiger partial charge is 0.140 e. The first-order valence-corrected chi connectivity index (χ1v) is 6.29. The zero-order chi connectivity index (χ0) is 12.0. The largest absolute Gasteiger partial charge is 0.409 e. The monoisotopic (exact) mass is 241 g/mol. The third-order valence-electron chi connectivity index (χ3n) is 2.68. The summed E-state index contributed by atoms with van der Waals surface area (Å²) in [5.41, 5.74) is 6.85. The van der Waals surface area contributed by atoms with Crippen molar-refractivity contribution in [2.45, 2.75) is 32.4 Å².